The summed E-state index contributed by atoms with van der Waals surface area (Å²) in [7, 11) is -4.39. The molecular formula is C24H20F2N4O5S. The van der Waals surface area contributed by atoms with Crippen molar-refractivity contribution in [3.05, 3.63) is 83.2 Å². The summed E-state index contributed by atoms with van der Waals surface area (Å²) in [5, 5.41) is 9.50. The van der Waals surface area contributed by atoms with Gasteiger partial charge in [-0.05, 0) is 35.7 Å². The van der Waals surface area contributed by atoms with Crippen molar-refractivity contribution in [2.45, 2.75) is 24.7 Å². The van der Waals surface area contributed by atoms with Gasteiger partial charge in [0.25, 0.3) is 15.9 Å². The second-order valence-electron chi connectivity index (χ2n) is 8.26. The molecule has 0 saturated heterocycles. The van der Waals surface area contributed by atoms with E-state index in [1.165, 1.54) is 30.5 Å². The molecule has 186 valence electrons. The van der Waals surface area contributed by atoms with E-state index in [-0.39, 0.29) is 27.7 Å². The lowest BCUT2D eigenvalue weighted by Crippen LogP contribution is -2.21. The van der Waals surface area contributed by atoms with Gasteiger partial charge in [0, 0.05) is 23.8 Å². The summed E-state index contributed by atoms with van der Waals surface area (Å²) < 4.78 is 59.7. The summed E-state index contributed by atoms with van der Waals surface area (Å²) in [6.07, 6.45) is 2.38. The zero-order chi connectivity index (χ0) is 26.4. The molecule has 12 heteroatoms. The summed E-state index contributed by atoms with van der Waals surface area (Å²) in [5.74, 6) is -5.34. The highest BCUT2D eigenvalue weighted by atomic mass is 32.2. The number of aromatic carboxylic acids is 1. The fraction of sp³-hybridized carbons (Fsp3) is 0.125. The third-order valence-electron chi connectivity index (χ3n) is 5.57. The first-order chi connectivity index (χ1) is 16.9. The number of benzene rings is 2. The Morgan fingerprint density at radius 1 is 1.11 bits per heavy atom. The van der Waals surface area contributed by atoms with Crippen molar-refractivity contribution in [3.8, 4) is 5.69 Å². The average molecular weight is 515 g/mol. The maximum atomic E-state index is 15.4. The lowest BCUT2D eigenvalue weighted by atomic mass is 10.0. The molecule has 0 radical (unpaired) electrons. The number of carbonyl (C=O) groups excluding carboxylic acids is 1. The SMILES string of the molecule is CC(C)c1ccc(S(=O)(=O)Nc2c(-n3ccc4cc(C(=O)O)cnc43)cc(F)c(C(N)=O)c2F)cc1. The van der Waals surface area contributed by atoms with Gasteiger partial charge in [-0.2, -0.15) is 0 Å². The Balaban J connectivity index is 1.91. The van der Waals surface area contributed by atoms with E-state index in [4.69, 9.17) is 5.73 Å². The van der Waals surface area contributed by atoms with Crippen LogP contribution < -0.4 is 10.5 Å². The highest BCUT2D eigenvalue weighted by Crippen LogP contribution is 2.33. The highest BCUT2D eigenvalue weighted by Gasteiger charge is 2.27. The Morgan fingerprint density at radius 2 is 1.78 bits per heavy atom. The molecule has 0 spiro atoms. The lowest BCUT2D eigenvalue weighted by Gasteiger charge is -2.17. The average Bonchev–Trinajstić information content (AvgIpc) is 3.23. The van der Waals surface area contributed by atoms with Crippen LogP contribution in [0, 0.1) is 11.6 Å². The first kappa shape index (κ1) is 24.8. The summed E-state index contributed by atoms with van der Waals surface area (Å²) in [5.41, 5.74) is 3.80. The van der Waals surface area contributed by atoms with Crippen molar-refractivity contribution in [2.24, 2.45) is 5.73 Å². The number of aromatic nitrogens is 2. The number of hydrogen-bond acceptors (Lipinski definition) is 5. The molecule has 4 rings (SSSR count). The molecule has 36 heavy (non-hydrogen) atoms. The minimum absolute atomic E-state index is 0.0901. The molecule has 2 heterocycles. The molecule has 1 amide bonds. The summed E-state index contributed by atoms with van der Waals surface area (Å²) in [6.45, 7) is 3.87. The number of carboxylic acids is 1. The molecule has 4 N–H and O–H groups in total. The van der Waals surface area contributed by atoms with Gasteiger partial charge in [0.2, 0.25) is 0 Å². The van der Waals surface area contributed by atoms with Crippen LogP contribution in [0.2, 0.25) is 0 Å². The molecular weight excluding hydrogens is 494 g/mol. The molecule has 0 unspecified atom stereocenters. The number of fused-ring (bicyclic) bond motifs is 1. The summed E-state index contributed by atoms with van der Waals surface area (Å²) in [4.78, 5) is 26.8. The number of nitrogens with two attached hydrogens (primary N) is 1. The fourth-order valence-corrected chi connectivity index (χ4v) is 4.76. The van der Waals surface area contributed by atoms with Gasteiger partial charge in [-0.25, -0.2) is 27.0 Å². The Morgan fingerprint density at radius 3 is 2.36 bits per heavy atom. The van der Waals surface area contributed by atoms with Crippen LogP contribution in [0.4, 0.5) is 14.5 Å². The summed E-state index contributed by atoms with van der Waals surface area (Å²) >= 11 is 0. The molecule has 0 saturated carbocycles. The molecule has 0 fully saturated rings. The largest absolute Gasteiger partial charge is 0.478 e. The molecule has 4 aromatic rings. The molecule has 0 bridgehead atoms. The molecule has 9 nitrogen and oxygen atoms in total. The molecule has 0 aliphatic heterocycles. The monoisotopic (exact) mass is 514 g/mol. The minimum atomic E-state index is -4.39. The van der Waals surface area contributed by atoms with E-state index in [0.717, 1.165) is 22.4 Å². The van der Waals surface area contributed by atoms with Crippen molar-refractivity contribution in [3.63, 3.8) is 0 Å². The first-order valence-corrected chi connectivity index (χ1v) is 12.0. The molecule has 0 aliphatic carbocycles. The number of pyridine rings is 1. The normalized spacial score (nSPS) is 11.7. The van der Waals surface area contributed by atoms with Gasteiger partial charge >= 0.3 is 5.97 Å². The van der Waals surface area contributed by atoms with Gasteiger partial charge in [-0.1, -0.05) is 26.0 Å². The van der Waals surface area contributed by atoms with Gasteiger partial charge in [0.05, 0.1) is 16.1 Å². The third kappa shape index (κ3) is 4.38. The second kappa shape index (κ2) is 9.04. The predicted molar refractivity (Wildman–Crippen MR) is 128 cm³/mol. The zero-order valence-corrected chi connectivity index (χ0v) is 19.8. The number of amides is 1. The minimum Gasteiger partial charge on any atom is -0.478 e. The Hall–Kier alpha value is -4.32. The smallest absolute Gasteiger partial charge is 0.337 e. The highest BCUT2D eigenvalue weighted by molar-refractivity contribution is 7.92. The Kier molecular flexibility index (Phi) is 6.23. The number of hydrogen-bond donors (Lipinski definition) is 3. The third-order valence-corrected chi connectivity index (χ3v) is 6.94. The molecule has 0 atom stereocenters. The standard InChI is InChI=1S/C24H20F2N4O5S/c1-12(2)13-3-5-16(6-4-13)36(34,35)29-21-18(10-17(25)19(20(21)26)22(27)31)30-8-7-14-9-15(24(32)33)11-28-23(14)30/h3-12,29H,1-2H3,(H2,27,31)(H,32,33). The maximum absolute atomic E-state index is 15.4. The second-order valence-corrected chi connectivity index (χ2v) is 9.95. The van der Waals surface area contributed by atoms with Crippen LogP contribution in [0.1, 0.15) is 46.0 Å². The van der Waals surface area contributed by atoms with E-state index >= 15 is 4.39 Å². The van der Waals surface area contributed by atoms with Crippen molar-refractivity contribution in [2.75, 3.05) is 4.72 Å². The lowest BCUT2D eigenvalue weighted by molar-refractivity contribution is 0.0696. The van der Waals surface area contributed by atoms with Crippen LogP contribution in [0.25, 0.3) is 16.7 Å². The van der Waals surface area contributed by atoms with E-state index in [1.54, 1.807) is 12.1 Å². The quantitative estimate of drug-likeness (QED) is 0.340. The number of rotatable bonds is 7. The van der Waals surface area contributed by atoms with Gasteiger partial charge in [-0.15, -0.1) is 0 Å². The van der Waals surface area contributed by atoms with Crippen LogP contribution in [-0.2, 0) is 10.0 Å². The number of sulfonamides is 1. The van der Waals surface area contributed by atoms with Crippen LogP contribution >= 0.6 is 0 Å². The summed E-state index contributed by atoms with van der Waals surface area (Å²) in [6, 6.07) is 9.39. The van der Waals surface area contributed by atoms with Crippen LogP contribution in [0.3, 0.4) is 0 Å². The Bertz CT molecular complexity index is 1630. The number of nitrogens with one attached hydrogen (secondary N) is 1. The van der Waals surface area contributed by atoms with E-state index in [2.05, 4.69) is 9.71 Å². The van der Waals surface area contributed by atoms with E-state index in [0.29, 0.717) is 5.39 Å². The van der Waals surface area contributed by atoms with E-state index < -0.39 is 44.8 Å². The maximum Gasteiger partial charge on any atom is 0.337 e. The Labute approximate surface area is 204 Å². The van der Waals surface area contributed by atoms with E-state index in [9.17, 15) is 27.5 Å². The van der Waals surface area contributed by atoms with Crippen LogP contribution in [0.15, 0.2) is 59.8 Å². The van der Waals surface area contributed by atoms with Gasteiger partial charge in [0.15, 0.2) is 5.82 Å². The number of carboxylic acid groups (broad SMARTS) is 1. The molecule has 2 aromatic carbocycles. The molecule has 0 aliphatic rings. The van der Waals surface area contributed by atoms with Crippen molar-refractivity contribution >= 4 is 38.6 Å². The number of primary amides is 1. The fourth-order valence-electron chi connectivity index (χ4n) is 3.68. The predicted octanol–water partition coefficient (Wildman–Crippen LogP) is 4.03. The van der Waals surface area contributed by atoms with Crippen LogP contribution in [0.5, 0.6) is 0 Å². The van der Waals surface area contributed by atoms with Gasteiger partial charge < -0.3 is 10.8 Å². The topological polar surface area (TPSA) is 144 Å². The first-order valence-electron chi connectivity index (χ1n) is 10.6. The van der Waals surface area contributed by atoms with E-state index in [1.807, 2.05) is 13.8 Å². The number of carbonyl (C=O) groups is 2. The zero-order valence-electron chi connectivity index (χ0n) is 19.0. The molecule has 2 aromatic heterocycles. The van der Waals surface area contributed by atoms with Crippen molar-refractivity contribution in [1.29, 1.82) is 0 Å². The number of anilines is 1. The van der Waals surface area contributed by atoms with Crippen LogP contribution in [-0.4, -0.2) is 35.0 Å². The van der Waals surface area contributed by atoms with Crippen molar-refractivity contribution in [1.82, 2.24) is 9.55 Å². The number of nitrogens with zero attached hydrogens (tertiary/aromatic N) is 2. The van der Waals surface area contributed by atoms with Gasteiger partial charge in [0.1, 0.15) is 22.7 Å². The van der Waals surface area contributed by atoms with Crippen molar-refractivity contribution < 1.29 is 31.9 Å². The van der Waals surface area contributed by atoms with Gasteiger partial charge in [-0.3, -0.25) is 14.1 Å². The number of halogens is 2.